The fourth-order valence-electron chi connectivity index (χ4n) is 7.32. The van der Waals surface area contributed by atoms with Crippen LogP contribution < -0.4 is 25.0 Å². The van der Waals surface area contributed by atoms with Crippen LogP contribution in [0.25, 0.3) is 0 Å². The second-order valence-electron chi connectivity index (χ2n) is 14.5. The number of imide groups is 2. The second-order valence-corrected chi connectivity index (χ2v) is 14.5. The number of morpholine rings is 1. The summed E-state index contributed by atoms with van der Waals surface area (Å²) in [5, 5.41) is 5.64. The molecule has 2 saturated heterocycles. The molecule has 1 atom stereocenters. The quantitative estimate of drug-likeness (QED) is 0.212. The molecule has 1 aromatic heterocycles. The van der Waals surface area contributed by atoms with Crippen LogP contribution in [0, 0.1) is 5.82 Å². The van der Waals surface area contributed by atoms with E-state index in [0.29, 0.717) is 37.7 Å². The highest BCUT2D eigenvalue weighted by Gasteiger charge is 2.45. The van der Waals surface area contributed by atoms with E-state index in [9.17, 15) is 23.6 Å². The highest BCUT2D eigenvalue weighted by Crippen LogP contribution is 2.36. The Bertz CT molecular complexity index is 2110. The molecule has 4 heterocycles. The number of anilines is 2. The summed E-state index contributed by atoms with van der Waals surface area (Å²) in [5.74, 6) is -1.07. The highest BCUT2D eigenvalue weighted by atomic mass is 19.1. The molecule has 278 valence electrons. The van der Waals surface area contributed by atoms with Crippen LogP contribution in [0.15, 0.2) is 72.9 Å². The summed E-state index contributed by atoms with van der Waals surface area (Å²) in [6.45, 7) is 6.42. The first-order valence-electron chi connectivity index (χ1n) is 18.1. The van der Waals surface area contributed by atoms with E-state index < -0.39 is 35.5 Å². The normalized spacial score (nSPS) is 21.4. The van der Waals surface area contributed by atoms with Gasteiger partial charge < -0.3 is 24.4 Å². The molecule has 1 unspecified atom stereocenters. The van der Waals surface area contributed by atoms with E-state index in [2.05, 4.69) is 46.6 Å². The average molecular weight is 735 g/mol. The van der Waals surface area contributed by atoms with Crippen LogP contribution in [0.4, 0.5) is 15.9 Å². The third-order valence-corrected chi connectivity index (χ3v) is 10.6. The van der Waals surface area contributed by atoms with Gasteiger partial charge in [-0.2, -0.15) is 4.98 Å². The van der Waals surface area contributed by atoms with Crippen molar-refractivity contribution in [3.8, 4) is 17.5 Å². The highest BCUT2D eigenvalue weighted by molar-refractivity contribution is 6.23. The van der Waals surface area contributed by atoms with Gasteiger partial charge in [-0.3, -0.25) is 29.4 Å². The van der Waals surface area contributed by atoms with Gasteiger partial charge in [0, 0.05) is 49.5 Å². The van der Waals surface area contributed by atoms with Gasteiger partial charge in [-0.05, 0) is 60.0 Å². The van der Waals surface area contributed by atoms with E-state index in [-0.39, 0.29) is 53.4 Å². The van der Waals surface area contributed by atoms with Crippen LogP contribution in [-0.2, 0) is 19.7 Å². The van der Waals surface area contributed by atoms with Crippen molar-refractivity contribution in [1.82, 2.24) is 20.2 Å². The Morgan fingerprint density at radius 2 is 1.56 bits per heavy atom. The van der Waals surface area contributed by atoms with Crippen LogP contribution in [0.5, 0.6) is 17.5 Å². The number of nitrogens with zero attached hydrogens (tertiary/aromatic N) is 4. The Morgan fingerprint density at radius 3 is 2.24 bits per heavy atom. The van der Waals surface area contributed by atoms with Gasteiger partial charge in [0.2, 0.25) is 11.8 Å². The van der Waals surface area contributed by atoms with Crippen molar-refractivity contribution < 1.29 is 37.8 Å². The molecule has 54 heavy (non-hydrogen) atoms. The van der Waals surface area contributed by atoms with E-state index in [1.54, 1.807) is 18.2 Å². The minimum atomic E-state index is -0.996. The number of hydrogen-bond acceptors (Lipinski definition) is 11. The van der Waals surface area contributed by atoms with Crippen molar-refractivity contribution in [1.29, 1.82) is 0 Å². The summed E-state index contributed by atoms with van der Waals surface area (Å²) in [6, 6.07) is 20.0. The minimum Gasteiger partial charge on any atom is -0.490 e. The van der Waals surface area contributed by atoms with Crippen LogP contribution in [0.2, 0.25) is 0 Å². The van der Waals surface area contributed by atoms with Crippen LogP contribution in [0.1, 0.15) is 71.4 Å². The smallest absolute Gasteiger partial charge is 0.324 e. The number of hydrogen-bond donors (Lipinski definition) is 2. The fraction of sp³-hybridized carbons (Fsp3) is 0.350. The number of rotatable bonds is 10. The molecule has 3 aliphatic heterocycles. The third kappa shape index (κ3) is 6.84. The maximum Gasteiger partial charge on any atom is 0.324 e. The molecular weight excluding hydrogens is 695 g/mol. The van der Waals surface area contributed by atoms with E-state index >= 15 is 0 Å². The third-order valence-electron chi connectivity index (χ3n) is 10.6. The van der Waals surface area contributed by atoms with Crippen molar-refractivity contribution in [2.24, 2.45) is 0 Å². The molecule has 8 rings (SSSR count). The number of carbonyl (C=O) groups is 4. The molecule has 1 saturated carbocycles. The summed E-state index contributed by atoms with van der Waals surface area (Å²) in [7, 11) is 0. The Labute approximate surface area is 310 Å². The summed E-state index contributed by atoms with van der Waals surface area (Å²) >= 11 is 0. The number of fused-ring (bicyclic) bond motifs is 1. The first-order valence-corrected chi connectivity index (χ1v) is 18.1. The van der Waals surface area contributed by atoms with Crippen LogP contribution >= 0.6 is 0 Å². The molecule has 14 heteroatoms. The average Bonchev–Trinajstić information content (AvgIpc) is 3.40. The van der Waals surface area contributed by atoms with Gasteiger partial charge in [0.15, 0.2) is 11.6 Å². The predicted octanol–water partition coefficient (Wildman–Crippen LogP) is 4.99. The topological polar surface area (TPSA) is 152 Å². The van der Waals surface area contributed by atoms with E-state index in [0.717, 1.165) is 40.8 Å². The molecule has 13 nitrogen and oxygen atoms in total. The fourth-order valence-corrected chi connectivity index (χ4v) is 7.32. The molecule has 0 bridgehead atoms. The number of ether oxygens (including phenoxy) is 3. The number of benzene rings is 3. The number of nitrogens with one attached hydrogen (secondary N) is 2. The summed E-state index contributed by atoms with van der Waals surface area (Å²) in [5.41, 5.74) is 3.06. The molecule has 2 N–H and O–H groups in total. The van der Waals surface area contributed by atoms with Gasteiger partial charge in [0.1, 0.15) is 23.6 Å². The number of halogens is 1. The van der Waals surface area contributed by atoms with E-state index in [1.165, 1.54) is 0 Å². The monoisotopic (exact) mass is 734 g/mol. The molecular formula is C40H39FN6O7. The molecule has 3 fully saturated rings. The summed E-state index contributed by atoms with van der Waals surface area (Å²) in [4.78, 5) is 61.2. The first kappa shape index (κ1) is 35.2. The minimum absolute atomic E-state index is 0.0181. The van der Waals surface area contributed by atoms with Crippen molar-refractivity contribution >= 4 is 35.1 Å². The molecule has 4 amide bonds. The van der Waals surface area contributed by atoms with Crippen molar-refractivity contribution in [2.75, 3.05) is 36.5 Å². The Balaban J connectivity index is 0.836. The summed E-state index contributed by atoms with van der Waals surface area (Å²) in [6.07, 6.45) is 2.85. The molecule has 3 aromatic carbocycles. The lowest BCUT2D eigenvalue weighted by atomic mass is 9.78. The van der Waals surface area contributed by atoms with Gasteiger partial charge in [0.25, 0.3) is 11.8 Å². The number of carbonyl (C=O) groups excluding carboxylic acids is 4. The van der Waals surface area contributed by atoms with Gasteiger partial charge in [0.05, 0.1) is 30.5 Å². The van der Waals surface area contributed by atoms with Crippen LogP contribution in [-0.4, -0.2) is 83.0 Å². The number of piperidine rings is 1. The SMILES string of the molecule is CC(C)(c1ccc(Oc2ncc(F)c(N3CCOCC3)n2)cc1)c1ccc(O[C@H]2C[C@@H](Nc3ccc4c(c3)C(=O)N(C3CCC(=O)NC3=O)C4=O)C2)cc1. The van der Waals surface area contributed by atoms with Crippen LogP contribution in [0.3, 0.4) is 0 Å². The standard InChI is InChI=1S/C40H39FN6O7/c1-40(2,24-5-10-28(11-6-24)54-39-42-22-32(41)35(45-39)46-15-17-52-18-16-46)23-3-8-27(9-4-23)53-29-19-26(20-29)43-25-7-12-30-31(21-25)38(51)47(37(30)50)33-13-14-34(48)44-36(33)49/h3-12,21-22,26,29,33,43H,13-20H2,1-2H3,(H,44,48,49)/t26-,29+,33?. The first-order chi connectivity index (χ1) is 26.0. The van der Waals surface area contributed by atoms with Gasteiger partial charge in [-0.25, -0.2) is 9.37 Å². The zero-order valence-electron chi connectivity index (χ0n) is 29.8. The molecule has 0 spiro atoms. The van der Waals surface area contributed by atoms with E-state index in [1.807, 2.05) is 41.3 Å². The zero-order valence-corrected chi connectivity index (χ0v) is 29.8. The molecule has 4 aromatic rings. The predicted molar refractivity (Wildman–Crippen MR) is 194 cm³/mol. The summed E-state index contributed by atoms with van der Waals surface area (Å²) < 4.78 is 32.0. The molecule has 0 radical (unpaired) electrons. The lowest BCUT2D eigenvalue weighted by Gasteiger charge is -2.36. The Kier molecular flexibility index (Phi) is 9.22. The van der Waals surface area contributed by atoms with Crippen molar-refractivity contribution in [3.63, 3.8) is 0 Å². The number of amides is 4. The zero-order chi connectivity index (χ0) is 37.6. The molecule has 1 aliphatic carbocycles. The van der Waals surface area contributed by atoms with Crippen molar-refractivity contribution in [3.05, 3.63) is 101 Å². The number of aromatic nitrogens is 2. The van der Waals surface area contributed by atoms with Gasteiger partial charge in [-0.15, -0.1) is 0 Å². The van der Waals surface area contributed by atoms with E-state index in [4.69, 9.17) is 14.2 Å². The maximum absolute atomic E-state index is 14.4. The molecule has 4 aliphatic rings. The Hall–Kier alpha value is -5.89. The lowest BCUT2D eigenvalue weighted by molar-refractivity contribution is -0.136. The Morgan fingerprint density at radius 1 is 0.889 bits per heavy atom. The van der Waals surface area contributed by atoms with Crippen molar-refractivity contribution in [2.45, 2.75) is 63.1 Å². The lowest BCUT2D eigenvalue weighted by Crippen LogP contribution is -2.54. The van der Waals surface area contributed by atoms with Gasteiger partial charge in [-0.1, -0.05) is 38.1 Å². The maximum atomic E-state index is 14.4. The second kappa shape index (κ2) is 14.2. The largest absolute Gasteiger partial charge is 0.490 e. The van der Waals surface area contributed by atoms with Gasteiger partial charge >= 0.3 is 6.01 Å².